The van der Waals surface area contributed by atoms with Gasteiger partial charge in [-0.05, 0) is 20.8 Å². The van der Waals surface area contributed by atoms with E-state index in [1.807, 2.05) is 0 Å². The summed E-state index contributed by atoms with van der Waals surface area (Å²) in [6, 6.07) is 0. The summed E-state index contributed by atoms with van der Waals surface area (Å²) in [5.41, 5.74) is 0.596. The molecule has 0 saturated carbocycles. The van der Waals surface area contributed by atoms with Crippen molar-refractivity contribution in [2.75, 3.05) is 19.8 Å². The molecule has 0 heterocycles. The van der Waals surface area contributed by atoms with Crippen LogP contribution in [0, 0.1) is 0 Å². The number of hydrogen-bond donors (Lipinski definition) is 0. The summed E-state index contributed by atoms with van der Waals surface area (Å²) in [5.74, 6) is -1.29. The first-order chi connectivity index (χ1) is 9.26. The second-order valence-electron chi connectivity index (χ2n) is 3.61. The van der Waals surface area contributed by atoms with E-state index in [1.165, 1.54) is 6.92 Å². The summed E-state index contributed by atoms with van der Waals surface area (Å²) in [6.45, 7) is 13.7. The van der Waals surface area contributed by atoms with Crippen molar-refractivity contribution in [3.63, 3.8) is 0 Å². The van der Waals surface area contributed by atoms with Crippen LogP contribution in [0.3, 0.4) is 0 Å². The fourth-order valence-corrected chi connectivity index (χ4v) is 0.735. The zero-order chi connectivity index (χ0) is 16.1. The van der Waals surface area contributed by atoms with Crippen LogP contribution < -0.4 is 0 Å². The molecule has 0 unspecified atom stereocenters. The molecule has 0 saturated heterocycles. The van der Waals surface area contributed by atoms with Crippen LogP contribution in [-0.4, -0.2) is 37.7 Å². The molecule has 0 aliphatic carbocycles. The van der Waals surface area contributed by atoms with Gasteiger partial charge in [-0.3, -0.25) is 4.79 Å². The Hall–Kier alpha value is -2.11. The van der Waals surface area contributed by atoms with Gasteiger partial charge in [0.2, 0.25) is 0 Å². The molecule has 0 N–H and O–H groups in total. The van der Waals surface area contributed by atoms with Gasteiger partial charge in [-0.2, -0.15) is 0 Å². The largest absolute Gasteiger partial charge is 0.463 e. The van der Waals surface area contributed by atoms with Crippen molar-refractivity contribution in [2.24, 2.45) is 0 Å². The maximum absolute atomic E-state index is 10.8. The first kappa shape index (κ1) is 20.2. The van der Waals surface area contributed by atoms with Gasteiger partial charge in [-0.25, -0.2) is 9.59 Å². The number of hydrogen-bond acceptors (Lipinski definition) is 6. The summed E-state index contributed by atoms with van der Waals surface area (Å²) in [7, 11) is 0. The Balaban J connectivity index is 0. The molecule has 0 aromatic rings. The molecule has 0 aliphatic rings. The van der Waals surface area contributed by atoms with E-state index in [4.69, 9.17) is 0 Å². The molecule has 0 atom stereocenters. The highest BCUT2D eigenvalue weighted by molar-refractivity contribution is 5.88. The maximum Gasteiger partial charge on any atom is 0.336 e. The van der Waals surface area contributed by atoms with Crippen molar-refractivity contribution in [1.82, 2.24) is 0 Å². The van der Waals surface area contributed by atoms with Gasteiger partial charge < -0.3 is 14.2 Å². The summed E-state index contributed by atoms with van der Waals surface area (Å²) < 4.78 is 13.7. The highest BCUT2D eigenvalue weighted by Crippen LogP contribution is 1.95. The van der Waals surface area contributed by atoms with Gasteiger partial charge in [0, 0.05) is 12.5 Å². The lowest BCUT2D eigenvalue weighted by molar-refractivity contribution is -0.143. The summed E-state index contributed by atoms with van der Waals surface area (Å²) >= 11 is 0. The number of esters is 3. The average molecular weight is 286 g/mol. The second-order valence-corrected chi connectivity index (χ2v) is 3.61. The van der Waals surface area contributed by atoms with Gasteiger partial charge in [0.15, 0.2) is 0 Å². The lowest BCUT2D eigenvalue weighted by Gasteiger charge is -2.04. The van der Waals surface area contributed by atoms with Gasteiger partial charge in [0.1, 0.15) is 6.61 Å². The van der Waals surface area contributed by atoms with E-state index in [0.29, 0.717) is 12.2 Å². The number of carbonyl (C=O) groups is 3. The van der Waals surface area contributed by atoms with Crippen LogP contribution in [-0.2, 0) is 28.6 Å². The smallest absolute Gasteiger partial charge is 0.336 e. The molecule has 0 spiro atoms. The topological polar surface area (TPSA) is 78.9 Å². The summed E-state index contributed by atoms with van der Waals surface area (Å²) in [5, 5.41) is 0. The molecular weight excluding hydrogens is 264 g/mol. The Morgan fingerprint density at radius 1 is 0.850 bits per heavy atom. The first-order valence-corrected chi connectivity index (χ1v) is 6.07. The third-order valence-electron chi connectivity index (χ3n) is 1.64. The lowest BCUT2D eigenvalue weighted by atomic mass is 10.3. The van der Waals surface area contributed by atoms with Gasteiger partial charge in [0.25, 0.3) is 0 Å². The molecule has 0 aromatic carbocycles. The first-order valence-electron chi connectivity index (χ1n) is 6.07. The minimum Gasteiger partial charge on any atom is -0.463 e. The quantitative estimate of drug-likeness (QED) is 0.421. The van der Waals surface area contributed by atoms with Crippen molar-refractivity contribution in [3.05, 3.63) is 24.3 Å². The predicted molar refractivity (Wildman–Crippen MR) is 73.9 cm³/mol. The molecule has 0 bridgehead atoms. The van der Waals surface area contributed by atoms with Crippen LogP contribution in [0.4, 0.5) is 0 Å². The molecular formula is C14H22O6. The van der Waals surface area contributed by atoms with Crippen LogP contribution in [0.1, 0.15) is 27.7 Å². The van der Waals surface area contributed by atoms with Crippen LogP contribution in [0.2, 0.25) is 0 Å². The van der Waals surface area contributed by atoms with Crippen molar-refractivity contribution in [3.8, 4) is 0 Å². The van der Waals surface area contributed by atoms with E-state index < -0.39 is 11.9 Å². The molecule has 0 rings (SSSR count). The molecule has 6 nitrogen and oxygen atoms in total. The van der Waals surface area contributed by atoms with Crippen molar-refractivity contribution in [1.29, 1.82) is 0 Å². The van der Waals surface area contributed by atoms with E-state index in [0.717, 1.165) is 0 Å². The van der Waals surface area contributed by atoms with Gasteiger partial charge in [0.05, 0.1) is 18.8 Å². The fourth-order valence-electron chi connectivity index (χ4n) is 0.735. The highest BCUT2D eigenvalue weighted by Gasteiger charge is 2.08. The fraction of sp³-hybridized carbons (Fsp3) is 0.500. The zero-order valence-electron chi connectivity index (χ0n) is 12.5. The standard InChI is InChI=1S/C8H12O4.C6H10O2/c1-4-11-8(10)6(2)5-12-7(3)9;1-4-8-6(7)5(2)3/h2,4-5H2,1,3H3;2,4H2,1,3H3. The average Bonchev–Trinajstić information content (AvgIpc) is 2.37. The second kappa shape index (κ2) is 12.0. The molecule has 0 aliphatic heterocycles. The molecule has 0 amide bonds. The van der Waals surface area contributed by atoms with Crippen molar-refractivity contribution >= 4 is 17.9 Å². The van der Waals surface area contributed by atoms with E-state index in [9.17, 15) is 14.4 Å². The minimum absolute atomic E-state index is 0.103. The minimum atomic E-state index is -0.529. The molecule has 0 radical (unpaired) electrons. The number of rotatable bonds is 6. The molecule has 0 aromatic heterocycles. The van der Waals surface area contributed by atoms with E-state index in [-0.39, 0.29) is 24.8 Å². The Kier molecular flexibility index (Phi) is 12.1. The Bertz CT molecular complexity index is 370. The maximum atomic E-state index is 10.8. The monoisotopic (exact) mass is 286 g/mol. The van der Waals surface area contributed by atoms with Crippen LogP contribution in [0.5, 0.6) is 0 Å². The van der Waals surface area contributed by atoms with Crippen LogP contribution in [0.25, 0.3) is 0 Å². The third-order valence-corrected chi connectivity index (χ3v) is 1.64. The van der Waals surface area contributed by atoms with Gasteiger partial charge in [-0.1, -0.05) is 13.2 Å². The predicted octanol–water partition coefficient (Wildman–Crippen LogP) is 1.79. The molecule has 0 fully saturated rings. The Labute approximate surface area is 119 Å². The normalized spacial score (nSPS) is 8.60. The van der Waals surface area contributed by atoms with E-state index >= 15 is 0 Å². The Morgan fingerprint density at radius 3 is 1.60 bits per heavy atom. The lowest BCUT2D eigenvalue weighted by Crippen LogP contribution is -2.13. The van der Waals surface area contributed by atoms with Gasteiger partial charge >= 0.3 is 17.9 Å². The number of carbonyl (C=O) groups excluding carboxylic acids is 3. The summed E-state index contributed by atoms with van der Waals surface area (Å²) in [6.07, 6.45) is 0. The number of ether oxygens (including phenoxy) is 3. The van der Waals surface area contributed by atoms with E-state index in [2.05, 4.69) is 27.4 Å². The van der Waals surface area contributed by atoms with E-state index in [1.54, 1.807) is 20.8 Å². The Morgan fingerprint density at radius 2 is 1.30 bits per heavy atom. The summed E-state index contributed by atoms with van der Waals surface area (Å²) in [4.78, 5) is 31.6. The SMILES string of the molecule is C=C(C)C(=O)OCC.C=C(COC(C)=O)C(=O)OCC. The molecule has 6 heteroatoms. The van der Waals surface area contributed by atoms with Crippen molar-refractivity contribution in [2.45, 2.75) is 27.7 Å². The van der Waals surface area contributed by atoms with Crippen molar-refractivity contribution < 1.29 is 28.6 Å². The molecule has 114 valence electrons. The molecule has 20 heavy (non-hydrogen) atoms. The third kappa shape index (κ3) is 12.3. The zero-order valence-corrected chi connectivity index (χ0v) is 12.5. The highest BCUT2D eigenvalue weighted by atomic mass is 16.5. The van der Waals surface area contributed by atoms with Crippen LogP contribution >= 0.6 is 0 Å². The van der Waals surface area contributed by atoms with Gasteiger partial charge in [-0.15, -0.1) is 0 Å². The van der Waals surface area contributed by atoms with Crippen LogP contribution in [0.15, 0.2) is 24.3 Å².